The molecule has 0 aromatic carbocycles. The normalized spacial score (nSPS) is 31.3. The molecular weight excluding hydrogens is 292 g/mol. The summed E-state index contributed by atoms with van der Waals surface area (Å²) in [6.07, 6.45) is 31.2. The molecule has 0 radical (unpaired) electrons. The van der Waals surface area contributed by atoms with Gasteiger partial charge in [-0.2, -0.15) is 0 Å². The lowest BCUT2D eigenvalue weighted by molar-refractivity contribution is 0.313. The van der Waals surface area contributed by atoms with Gasteiger partial charge < -0.3 is 0 Å². The maximum atomic E-state index is 2.62. The lowest BCUT2D eigenvalue weighted by atomic mass is 9.80. The van der Waals surface area contributed by atoms with E-state index in [1.807, 2.05) is 0 Å². The molecule has 126 valence electrons. The van der Waals surface area contributed by atoms with Crippen molar-refractivity contribution in [3.05, 3.63) is 48.1 Å². The summed E-state index contributed by atoms with van der Waals surface area (Å²) in [5, 5.41) is 0.557. The van der Waals surface area contributed by atoms with Crippen molar-refractivity contribution in [2.45, 2.75) is 81.7 Å². The van der Waals surface area contributed by atoms with Gasteiger partial charge in [-0.15, -0.1) is 0 Å². The summed E-state index contributed by atoms with van der Waals surface area (Å²) in [6.45, 7) is 2.31. The van der Waals surface area contributed by atoms with Crippen molar-refractivity contribution < 1.29 is 0 Å². The predicted molar refractivity (Wildman–Crippen MR) is 106 cm³/mol. The van der Waals surface area contributed by atoms with E-state index in [-0.39, 0.29) is 9.52 Å². The van der Waals surface area contributed by atoms with Crippen LogP contribution in [0.15, 0.2) is 48.1 Å². The minimum atomic E-state index is -0.178. The summed E-state index contributed by atoms with van der Waals surface area (Å²) in [7, 11) is -0.178. The van der Waals surface area contributed by atoms with Gasteiger partial charge in [0.1, 0.15) is 0 Å². The van der Waals surface area contributed by atoms with Crippen molar-refractivity contribution in [2.24, 2.45) is 5.92 Å². The van der Waals surface area contributed by atoms with E-state index in [2.05, 4.69) is 49.5 Å². The Morgan fingerprint density at radius 1 is 1.13 bits per heavy atom. The quantitative estimate of drug-likeness (QED) is 0.483. The summed E-state index contributed by atoms with van der Waals surface area (Å²) >= 11 is 0. The molecule has 2 atom stereocenters. The number of hydrogen-bond acceptors (Lipinski definition) is 0. The van der Waals surface area contributed by atoms with Crippen molar-refractivity contribution in [2.75, 3.05) is 0 Å². The molecule has 0 aliphatic heterocycles. The predicted octanol–water partition coefficient (Wildman–Crippen LogP) is 6.28. The molecule has 0 amide bonds. The van der Waals surface area contributed by atoms with Crippen LogP contribution >= 0.6 is 0 Å². The van der Waals surface area contributed by atoms with Crippen LogP contribution in [0, 0.1) is 5.92 Å². The largest absolute Gasteiger partial charge is 0.0840 e. The van der Waals surface area contributed by atoms with Gasteiger partial charge in [-0.3, -0.25) is 0 Å². The minimum Gasteiger partial charge on any atom is -0.0840 e. The third-order valence-electron chi connectivity index (χ3n) is 6.22. The molecule has 1 heteroatoms. The Morgan fingerprint density at radius 3 is 2.74 bits per heavy atom. The molecule has 0 N–H and O–H groups in total. The molecule has 0 heterocycles. The number of rotatable bonds is 7. The van der Waals surface area contributed by atoms with Crippen LogP contribution in [0.4, 0.5) is 0 Å². The monoisotopic (exact) mass is 326 g/mol. The Kier molecular flexibility index (Phi) is 6.16. The summed E-state index contributed by atoms with van der Waals surface area (Å²) in [5.41, 5.74) is 2.59. The molecule has 0 nitrogen and oxygen atoms in total. The molecule has 23 heavy (non-hydrogen) atoms. The van der Waals surface area contributed by atoms with Crippen molar-refractivity contribution in [3.63, 3.8) is 0 Å². The Hall–Kier alpha value is -0.823. The fourth-order valence-corrected chi connectivity index (χ4v) is 7.86. The summed E-state index contributed by atoms with van der Waals surface area (Å²) in [4.78, 5) is 0. The fraction of sp³-hybridized carbons (Fsp3) is 0.636. The lowest BCUT2D eigenvalue weighted by Crippen LogP contribution is -2.26. The van der Waals surface area contributed by atoms with E-state index in [1.54, 1.807) is 5.57 Å². The van der Waals surface area contributed by atoms with E-state index in [4.69, 9.17) is 0 Å². The van der Waals surface area contributed by atoms with E-state index in [1.165, 1.54) is 64.2 Å². The van der Waals surface area contributed by atoms with Gasteiger partial charge >= 0.3 is 0 Å². The highest BCUT2D eigenvalue weighted by molar-refractivity contribution is 6.45. The van der Waals surface area contributed by atoms with Crippen molar-refractivity contribution in [1.82, 2.24) is 0 Å². The molecule has 3 aliphatic rings. The topological polar surface area (TPSA) is 0 Å². The number of hydrogen-bond donors (Lipinski definition) is 0. The van der Waals surface area contributed by atoms with Crippen molar-refractivity contribution in [3.8, 4) is 0 Å². The maximum Gasteiger partial charge on any atom is 0.0451 e. The first kappa shape index (κ1) is 17.0. The van der Waals surface area contributed by atoms with Gasteiger partial charge in [0.2, 0.25) is 0 Å². The van der Waals surface area contributed by atoms with E-state index in [9.17, 15) is 0 Å². The molecule has 2 unspecified atom stereocenters. The first-order chi connectivity index (χ1) is 11.3. The molecular formula is C22H34Si. The minimum absolute atomic E-state index is 0.178. The van der Waals surface area contributed by atoms with Crippen LogP contribution in [0.3, 0.4) is 0 Å². The number of unbranched alkanes of at least 4 members (excludes halogenated alkanes) is 1. The Labute approximate surface area is 145 Å². The molecule has 3 rings (SSSR count). The van der Waals surface area contributed by atoms with Crippen molar-refractivity contribution in [1.29, 1.82) is 0 Å². The summed E-state index contributed by atoms with van der Waals surface area (Å²) in [5.74, 6) is 1.00. The smallest absolute Gasteiger partial charge is 0.0451 e. The maximum absolute atomic E-state index is 2.62. The molecule has 0 aromatic rings. The highest BCUT2D eigenvalue weighted by Gasteiger charge is 2.34. The van der Waals surface area contributed by atoms with Crippen LogP contribution in [0.5, 0.6) is 0 Å². The van der Waals surface area contributed by atoms with Gasteiger partial charge in [0.25, 0.3) is 0 Å². The van der Waals surface area contributed by atoms with Gasteiger partial charge in [-0.05, 0) is 42.2 Å². The molecule has 0 spiro atoms. The van der Waals surface area contributed by atoms with E-state index in [0.29, 0.717) is 5.04 Å². The van der Waals surface area contributed by atoms with Gasteiger partial charge in [0.15, 0.2) is 0 Å². The molecule has 0 aromatic heterocycles. The van der Waals surface area contributed by atoms with E-state index in [0.717, 1.165) is 11.5 Å². The van der Waals surface area contributed by atoms with Gasteiger partial charge in [0.05, 0.1) is 0 Å². The summed E-state index contributed by atoms with van der Waals surface area (Å²) in [6, 6.07) is 0. The molecule has 1 saturated carbocycles. The van der Waals surface area contributed by atoms with Crippen LogP contribution in [0.2, 0.25) is 10.6 Å². The first-order valence-corrected chi connectivity index (χ1v) is 11.6. The molecule has 0 saturated heterocycles. The number of allylic oxidation sites excluding steroid dienone is 8. The summed E-state index contributed by atoms with van der Waals surface area (Å²) < 4.78 is 0. The molecule has 1 fully saturated rings. The van der Waals surface area contributed by atoms with Crippen LogP contribution < -0.4 is 0 Å². The van der Waals surface area contributed by atoms with E-state index >= 15 is 0 Å². The second-order valence-corrected chi connectivity index (χ2v) is 10.8. The SMILES string of the molecule is CCCCC1=CC=CC1[SiH2]C1(CC2CCCCC2)C=CC=CC1. The van der Waals surface area contributed by atoms with Crippen molar-refractivity contribution >= 4 is 9.52 Å². The molecule has 0 bridgehead atoms. The van der Waals surface area contributed by atoms with Gasteiger partial charge in [-0.25, -0.2) is 0 Å². The Morgan fingerprint density at radius 2 is 2.00 bits per heavy atom. The second kappa shape index (κ2) is 8.33. The van der Waals surface area contributed by atoms with Crippen LogP contribution in [-0.2, 0) is 0 Å². The van der Waals surface area contributed by atoms with Gasteiger partial charge in [0, 0.05) is 9.52 Å². The first-order valence-electron chi connectivity index (χ1n) is 10.0. The van der Waals surface area contributed by atoms with Crippen LogP contribution in [0.25, 0.3) is 0 Å². The van der Waals surface area contributed by atoms with Crippen LogP contribution in [0.1, 0.15) is 71.1 Å². The fourth-order valence-electron chi connectivity index (χ4n) is 4.91. The van der Waals surface area contributed by atoms with Gasteiger partial charge in [-0.1, -0.05) is 93.6 Å². The zero-order valence-electron chi connectivity index (χ0n) is 15.0. The van der Waals surface area contributed by atoms with E-state index < -0.39 is 0 Å². The Bertz CT molecular complexity index is 490. The average Bonchev–Trinajstić information content (AvgIpc) is 3.01. The zero-order valence-corrected chi connectivity index (χ0v) is 16.4. The zero-order chi connectivity index (χ0) is 16.0. The average molecular weight is 327 g/mol. The second-order valence-electron chi connectivity index (χ2n) is 8.10. The third kappa shape index (κ3) is 4.59. The van der Waals surface area contributed by atoms with Crippen LogP contribution in [-0.4, -0.2) is 9.52 Å². The highest BCUT2D eigenvalue weighted by Crippen LogP contribution is 2.48. The Balaban J connectivity index is 1.66. The third-order valence-corrected chi connectivity index (χ3v) is 9.08. The lowest BCUT2D eigenvalue weighted by Gasteiger charge is -2.38. The molecule has 3 aliphatic carbocycles. The standard InChI is InChI=1S/C22H34Si/c1-2-3-13-20-14-10-15-21(20)23-22(16-8-5-9-17-22)18-19-11-6-4-7-12-19/h5,8-10,14-16,19,21H,2-4,6-7,11-13,17-18,23H2,1H3. The highest BCUT2D eigenvalue weighted by atomic mass is 28.2.